The van der Waals surface area contributed by atoms with E-state index < -0.39 is 17.1 Å². The molecule has 5 aromatic rings. The molecule has 0 aliphatic rings. The number of thioether (sulfide) groups is 1. The highest BCUT2D eigenvalue weighted by atomic mass is 32.2. The number of methoxy groups -OCH3 is 3. The van der Waals surface area contributed by atoms with Crippen LogP contribution in [0, 0.1) is 0 Å². The highest BCUT2D eigenvalue weighted by Gasteiger charge is 2.25. The number of amides is 3. The van der Waals surface area contributed by atoms with E-state index in [1.54, 1.807) is 59.5 Å². The lowest BCUT2D eigenvalue weighted by Crippen LogP contribution is -2.32. The van der Waals surface area contributed by atoms with Gasteiger partial charge in [0, 0.05) is 27.5 Å². The highest BCUT2D eigenvalue weighted by molar-refractivity contribution is 8.00. The second-order valence-corrected chi connectivity index (χ2v) is 12.3. The van der Waals surface area contributed by atoms with Gasteiger partial charge in [-0.05, 0) is 91.4 Å². The summed E-state index contributed by atoms with van der Waals surface area (Å²) in [7, 11) is 4.49. The zero-order valence-corrected chi connectivity index (χ0v) is 28.9. The third-order valence-electron chi connectivity index (χ3n) is 7.55. The van der Waals surface area contributed by atoms with Gasteiger partial charge in [-0.1, -0.05) is 54.6 Å². The molecule has 9 nitrogen and oxygen atoms in total. The molecule has 0 bridgehead atoms. The molecule has 0 aliphatic heterocycles. The van der Waals surface area contributed by atoms with Crippen molar-refractivity contribution >= 4 is 52.6 Å². The van der Waals surface area contributed by atoms with E-state index in [-0.39, 0.29) is 11.6 Å². The number of hydrogen-bond acceptors (Lipinski definition) is 7. The summed E-state index contributed by atoms with van der Waals surface area (Å²) >= 11 is 1.41. The quantitative estimate of drug-likeness (QED) is 0.0956. The standard InChI is InChI=1S/C40H37N3O6S/c1-27(40(46)43(31-16-10-6-11-17-31)32-18-12-7-13-19-32)50-33-22-20-30(21-23-33)41-39(45)34(42-38(44)29-14-8-5-9-15-29)24-28-25-35(47-2)37(49-4)36(26-28)48-3/h5-27H,1-4H3,(H,41,45)(H,42,44)/b34-24-. The van der Waals surface area contributed by atoms with Crippen LogP contribution in [0.2, 0.25) is 0 Å². The molecular weight excluding hydrogens is 651 g/mol. The number of hydrogen-bond donors (Lipinski definition) is 2. The van der Waals surface area contributed by atoms with Crippen LogP contribution in [0.3, 0.4) is 0 Å². The number of nitrogens with one attached hydrogen (secondary N) is 2. The predicted octanol–water partition coefficient (Wildman–Crippen LogP) is 7.97. The fraction of sp³-hybridized carbons (Fsp3) is 0.125. The maximum absolute atomic E-state index is 13.8. The molecule has 0 spiro atoms. The molecule has 0 radical (unpaired) electrons. The zero-order chi connectivity index (χ0) is 35.5. The Kier molecular flexibility index (Phi) is 11.9. The number of para-hydroxylation sites is 2. The third-order valence-corrected chi connectivity index (χ3v) is 8.65. The van der Waals surface area contributed by atoms with Gasteiger partial charge in [-0.25, -0.2) is 0 Å². The second-order valence-electron chi connectivity index (χ2n) is 10.9. The Balaban J connectivity index is 1.35. The molecule has 3 amide bonds. The van der Waals surface area contributed by atoms with E-state index in [1.807, 2.05) is 79.7 Å². The van der Waals surface area contributed by atoms with Crippen LogP contribution in [0.15, 0.2) is 138 Å². The smallest absolute Gasteiger partial charge is 0.272 e. The molecule has 0 saturated heterocycles. The van der Waals surface area contributed by atoms with Crippen LogP contribution in [0.4, 0.5) is 17.1 Å². The molecular formula is C40H37N3O6S. The summed E-state index contributed by atoms with van der Waals surface area (Å²) < 4.78 is 16.4. The van der Waals surface area contributed by atoms with Crippen molar-refractivity contribution in [3.63, 3.8) is 0 Å². The summed E-state index contributed by atoms with van der Waals surface area (Å²) in [5.74, 6) is 0.111. The van der Waals surface area contributed by atoms with Gasteiger partial charge in [-0.3, -0.25) is 19.3 Å². The van der Waals surface area contributed by atoms with Crippen molar-refractivity contribution in [3.05, 3.63) is 144 Å². The largest absolute Gasteiger partial charge is 0.493 e. The number of ether oxygens (including phenoxy) is 3. The summed E-state index contributed by atoms with van der Waals surface area (Å²) in [6.07, 6.45) is 1.53. The first-order valence-electron chi connectivity index (χ1n) is 15.7. The van der Waals surface area contributed by atoms with Gasteiger partial charge in [0.2, 0.25) is 11.7 Å². The van der Waals surface area contributed by atoms with Gasteiger partial charge in [0.15, 0.2) is 11.5 Å². The minimum atomic E-state index is -0.548. The van der Waals surface area contributed by atoms with Gasteiger partial charge < -0.3 is 24.8 Å². The monoisotopic (exact) mass is 687 g/mol. The molecule has 1 atom stereocenters. The van der Waals surface area contributed by atoms with E-state index >= 15 is 0 Å². The van der Waals surface area contributed by atoms with Crippen molar-refractivity contribution in [1.29, 1.82) is 0 Å². The lowest BCUT2D eigenvalue weighted by Gasteiger charge is -2.26. The topological polar surface area (TPSA) is 106 Å². The fourth-order valence-electron chi connectivity index (χ4n) is 5.10. The van der Waals surface area contributed by atoms with Crippen LogP contribution in [-0.4, -0.2) is 44.3 Å². The molecule has 1 unspecified atom stereocenters. The normalized spacial score (nSPS) is 11.6. The summed E-state index contributed by atoms with van der Waals surface area (Å²) in [4.78, 5) is 43.2. The number of anilines is 3. The molecule has 5 rings (SSSR count). The average Bonchev–Trinajstić information content (AvgIpc) is 3.16. The van der Waals surface area contributed by atoms with E-state index in [2.05, 4.69) is 10.6 Å². The zero-order valence-electron chi connectivity index (χ0n) is 28.1. The predicted molar refractivity (Wildman–Crippen MR) is 198 cm³/mol. The Morgan fingerprint density at radius 3 is 1.72 bits per heavy atom. The van der Waals surface area contributed by atoms with Crippen molar-refractivity contribution in [2.24, 2.45) is 0 Å². The Morgan fingerprint density at radius 2 is 1.22 bits per heavy atom. The maximum atomic E-state index is 13.8. The van der Waals surface area contributed by atoms with E-state index in [0.717, 1.165) is 16.3 Å². The molecule has 50 heavy (non-hydrogen) atoms. The maximum Gasteiger partial charge on any atom is 0.272 e. The van der Waals surface area contributed by atoms with Gasteiger partial charge in [0.25, 0.3) is 11.8 Å². The highest BCUT2D eigenvalue weighted by Crippen LogP contribution is 2.39. The summed E-state index contributed by atoms with van der Waals surface area (Å²) in [6.45, 7) is 1.87. The Labute approximate surface area is 295 Å². The van der Waals surface area contributed by atoms with Gasteiger partial charge in [0.05, 0.1) is 26.6 Å². The number of nitrogens with zero attached hydrogens (tertiary/aromatic N) is 1. The number of benzene rings is 5. The van der Waals surface area contributed by atoms with Crippen LogP contribution in [0.5, 0.6) is 17.2 Å². The van der Waals surface area contributed by atoms with Gasteiger partial charge in [-0.15, -0.1) is 11.8 Å². The molecule has 0 fully saturated rings. The molecule has 5 aromatic carbocycles. The van der Waals surface area contributed by atoms with Crippen molar-refractivity contribution < 1.29 is 28.6 Å². The van der Waals surface area contributed by atoms with Crippen LogP contribution in [0.1, 0.15) is 22.8 Å². The first-order valence-corrected chi connectivity index (χ1v) is 16.6. The summed E-state index contributed by atoms with van der Waals surface area (Å²) in [5.41, 5.74) is 2.97. The minimum absolute atomic E-state index is 0.00675. The first-order chi connectivity index (χ1) is 24.3. The average molecular weight is 688 g/mol. The number of rotatable bonds is 13. The minimum Gasteiger partial charge on any atom is -0.493 e. The number of carbonyl (C=O) groups is 3. The van der Waals surface area contributed by atoms with Crippen LogP contribution >= 0.6 is 11.8 Å². The van der Waals surface area contributed by atoms with Gasteiger partial charge >= 0.3 is 0 Å². The molecule has 10 heteroatoms. The van der Waals surface area contributed by atoms with Gasteiger partial charge in [0.1, 0.15) is 5.70 Å². The Hall–Kier alpha value is -6.00. The summed E-state index contributed by atoms with van der Waals surface area (Å²) in [6, 6.07) is 38.2. The van der Waals surface area contributed by atoms with E-state index in [0.29, 0.717) is 34.1 Å². The molecule has 0 aromatic heterocycles. The van der Waals surface area contributed by atoms with Crippen LogP contribution < -0.4 is 29.7 Å². The van der Waals surface area contributed by atoms with Crippen LogP contribution in [-0.2, 0) is 9.59 Å². The first kappa shape index (κ1) is 35.3. The second kappa shape index (κ2) is 16.9. The molecule has 254 valence electrons. The Morgan fingerprint density at radius 1 is 0.700 bits per heavy atom. The van der Waals surface area contributed by atoms with E-state index in [1.165, 1.54) is 39.2 Å². The van der Waals surface area contributed by atoms with Crippen molar-refractivity contribution in [1.82, 2.24) is 5.32 Å². The van der Waals surface area contributed by atoms with Crippen molar-refractivity contribution in [2.45, 2.75) is 17.1 Å². The number of carbonyl (C=O) groups excluding carboxylic acids is 3. The summed E-state index contributed by atoms with van der Waals surface area (Å²) in [5, 5.41) is 5.19. The van der Waals surface area contributed by atoms with E-state index in [4.69, 9.17) is 14.2 Å². The molecule has 0 aliphatic carbocycles. The lowest BCUT2D eigenvalue weighted by atomic mass is 10.1. The lowest BCUT2D eigenvalue weighted by molar-refractivity contribution is -0.117. The molecule has 0 saturated carbocycles. The van der Waals surface area contributed by atoms with Crippen molar-refractivity contribution in [2.75, 3.05) is 31.5 Å². The molecule has 0 heterocycles. The third kappa shape index (κ3) is 8.72. The van der Waals surface area contributed by atoms with E-state index in [9.17, 15) is 14.4 Å². The molecule has 2 N–H and O–H groups in total. The van der Waals surface area contributed by atoms with Crippen molar-refractivity contribution in [3.8, 4) is 17.2 Å². The SMILES string of the molecule is COc1cc(/C=C(\NC(=O)c2ccccc2)C(=O)Nc2ccc(SC(C)C(=O)N(c3ccccc3)c3ccccc3)cc2)cc(OC)c1OC. The van der Waals surface area contributed by atoms with Crippen LogP contribution in [0.25, 0.3) is 6.08 Å². The van der Waals surface area contributed by atoms with Gasteiger partial charge in [-0.2, -0.15) is 0 Å². The fourth-order valence-corrected chi connectivity index (χ4v) is 6.01. The Bertz CT molecular complexity index is 1890.